The molecule has 0 bridgehead atoms. The number of anilines is 1. The van der Waals surface area contributed by atoms with E-state index in [2.05, 4.69) is 68.7 Å². The highest BCUT2D eigenvalue weighted by Crippen LogP contribution is 2.22. The maximum atomic E-state index is 4.34. The van der Waals surface area contributed by atoms with Gasteiger partial charge in [0.15, 0.2) is 0 Å². The number of nitrogens with one attached hydrogen (secondary N) is 1. The number of nitrogens with zero attached hydrogens (tertiary/aromatic N) is 2. The molecule has 0 aliphatic rings. The van der Waals surface area contributed by atoms with Crippen LogP contribution in [0.3, 0.4) is 0 Å². The molecule has 0 amide bonds. The van der Waals surface area contributed by atoms with E-state index in [9.17, 15) is 0 Å². The van der Waals surface area contributed by atoms with Crippen LogP contribution < -0.4 is 5.32 Å². The maximum Gasteiger partial charge on any atom is 0.126 e. The fraction of sp³-hybridized carbons (Fsp3) is 0.400. The Morgan fingerprint density at radius 1 is 1.30 bits per heavy atom. The molecule has 3 nitrogen and oxygen atoms in total. The van der Waals surface area contributed by atoms with Crippen molar-refractivity contribution in [3.05, 3.63) is 44.7 Å². The number of rotatable bonds is 7. The van der Waals surface area contributed by atoms with Gasteiger partial charge in [-0.1, -0.05) is 6.92 Å². The highest BCUT2D eigenvalue weighted by molar-refractivity contribution is 9.11. The third-order valence-corrected chi connectivity index (χ3v) is 4.46. The van der Waals surface area contributed by atoms with Crippen molar-refractivity contribution in [1.29, 1.82) is 0 Å². The average molecular weight is 354 g/mol. The highest BCUT2D eigenvalue weighted by Gasteiger charge is 2.05. The second-order valence-corrected chi connectivity index (χ2v) is 7.20. The van der Waals surface area contributed by atoms with Gasteiger partial charge in [-0.3, -0.25) is 4.90 Å². The second kappa shape index (κ2) is 7.76. The molecule has 0 unspecified atom stereocenters. The van der Waals surface area contributed by atoms with E-state index < -0.39 is 0 Å². The number of halogens is 1. The van der Waals surface area contributed by atoms with Crippen molar-refractivity contribution in [2.24, 2.45) is 0 Å². The number of pyridine rings is 1. The molecule has 0 saturated heterocycles. The van der Waals surface area contributed by atoms with Crippen molar-refractivity contribution < 1.29 is 0 Å². The van der Waals surface area contributed by atoms with E-state index >= 15 is 0 Å². The van der Waals surface area contributed by atoms with Crippen LogP contribution in [0, 0.1) is 0 Å². The summed E-state index contributed by atoms with van der Waals surface area (Å²) < 4.78 is 1.19. The summed E-state index contributed by atoms with van der Waals surface area (Å²) in [4.78, 5) is 6.65. The van der Waals surface area contributed by atoms with Crippen molar-refractivity contribution in [2.75, 3.05) is 18.9 Å². The molecule has 0 radical (unpaired) electrons. The lowest BCUT2D eigenvalue weighted by Crippen LogP contribution is -2.17. The lowest BCUT2D eigenvalue weighted by Gasteiger charge is -2.16. The van der Waals surface area contributed by atoms with Crippen molar-refractivity contribution in [3.63, 3.8) is 0 Å². The van der Waals surface area contributed by atoms with Gasteiger partial charge in [-0.15, -0.1) is 11.3 Å². The molecule has 20 heavy (non-hydrogen) atoms. The van der Waals surface area contributed by atoms with Crippen LogP contribution in [0.2, 0.25) is 0 Å². The maximum absolute atomic E-state index is 4.34. The Bertz CT molecular complexity index is 541. The summed E-state index contributed by atoms with van der Waals surface area (Å²) >= 11 is 5.24. The van der Waals surface area contributed by atoms with Gasteiger partial charge in [0, 0.05) is 25.8 Å². The van der Waals surface area contributed by atoms with Crippen LogP contribution in [0.1, 0.15) is 24.5 Å². The number of thiophene rings is 1. The first-order valence-corrected chi connectivity index (χ1v) is 8.45. The monoisotopic (exact) mass is 353 g/mol. The van der Waals surface area contributed by atoms with E-state index in [0.717, 1.165) is 31.9 Å². The molecule has 0 aromatic carbocycles. The molecule has 1 N–H and O–H groups in total. The standard InChI is InChI=1S/C15H20BrN3S/c1-3-5-17-15-8-12(4-6-18-15)9-19(2)10-13-7-14(16)20-11-13/h4,6-8,11H,3,5,9-10H2,1-2H3,(H,17,18). The third-order valence-electron chi connectivity index (χ3n) is 2.91. The summed E-state index contributed by atoms with van der Waals surface area (Å²) in [5.74, 6) is 0.969. The molecule has 0 spiro atoms. The summed E-state index contributed by atoms with van der Waals surface area (Å²) in [6.07, 6.45) is 2.99. The van der Waals surface area contributed by atoms with Crippen LogP contribution in [0.25, 0.3) is 0 Å². The summed E-state index contributed by atoms with van der Waals surface area (Å²) in [5.41, 5.74) is 2.64. The SMILES string of the molecule is CCCNc1cc(CN(C)Cc2csc(Br)c2)ccn1. The molecule has 0 aliphatic carbocycles. The van der Waals surface area contributed by atoms with Crippen LogP contribution in [0.4, 0.5) is 5.82 Å². The molecule has 2 aromatic heterocycles. The van der Waals surface area contributed by atoms with Gasteiger partial charge < -0.3 is 5.32 Å². The molecule has 2 heterocycles. The Morgan fingerprint density at radius 3 is 2.80 bits per heavy atom. The van der Waals surface area contributed by atoms with Crippen LogP contribution >= 0.6 is 27.3 Å². The zero-order valence-electron chi connectivity index (χ0n) is 11.9. The zero-order valence-corrected chi connectivity index (χ0v) is 14.3. The lowest BCUT2D eigenvalue weighted by atomic mass is 10.2. The van der Waals surface area contributed by atoms with Gasteiger partial charge in [-0.2, -0.15) is 0 Å². The van der Waals surface area contributed by atoms with E-state index in [4.69, 9.17) is 0 Å². The Labute approximate surface area is 133 Å². The normalized spacial score (nSPS) is 11.0. The summed E-state index contributed by atoms with van der Waals surface area (Å²) in [5, 5.41) is 5.52. The van der Waals surface area contributed by atoms with E-state index in [0.29, 0.717) is 0 Å². The van der Waals surface area contributed by atoms with E-state index in [1.807, 2.05) is 6.20 Å². The number of hydrogen-bond acceptors (Lipinski definition) is 4. The minimum Gasteiger partial charge on any atom is -0.370 e. The molecule has 0 atom stereocenters. The minimum absolute atomic E-state index is 0.927. The van der Waals surface area contributed by atoms with Crippen molar-refractivity contribution in [2.45, 2.75) is 26.4 Å². The first-order chi connectivity index (χ1) is 9.67. The Hall–Kier alpha value is -0.910. The van der Waals surface area contributed by atoms with Gasteiger partial charge in [0.25, 0.3) is 0 Å². The van der Waals surface area contributed by atoms with Gasteiger partial charge in [0.2, 0.25) is 0 Å². The largest absolute Gasteiger partial charge is 0.370 e. The summed E-state index contributed by atoms with van der Waals surface area (Å²) in [6.45, 7) is 5.01. The van der Waals surface area contributed by atoms with Crippen molar-refractivity contribution in [3.8, 4) is 0 Å². The molecule has 2 aromatic rings. The topological polar surface area (TPSA) is 28.2 Å². The van der Waals surface area contributed by atoms with Gasteiger partial charge in [-0.05, 0) is 64.1 Å². The van der Waals surface area contributed by atoms with Gasteiger partial charge >= 0.3 is 0 Å². The average Bonchev–Trinajstić information content (AvgIpc) is 2.82. The lowest BCUT2D eigenvalue weighted by molar-refractivity contribution is 0.319. The number of aromatic nitrogens is 1. The van der Waals surface area contributed by atoms with Gasteiger partial charge in [0.1, 0.15) is 5.82 Å². The summed E-state index contributed by atoms with van der Waals surface area (Å²) in [6, 6.07) is 6.40. The number of hydrogen-bond donors (Lipinski definition) is 1. The smallest absolute Gasteiger partial charge is 0.126 e. The van der Waals surface area contributed by atoms with Crippen LogP contribution in [-0.2, 0) is 13.1 Å². The van der Waals surface area contributed by atoms with Gasteiger partial charge in [0.05, 0.1) is 3.79 Å². The minimum atomic E-state index is 0.927. The molecule has 0 fully saturated rings. The molecule has 0 aliphatic heterocycles. The quantitative estimate of drug-likeness (QED) is 0.801. The first-order valence-electron chi connectivity index (χ1n) is 6.77. The molecule has 108 valence electrons. The predicted octanol–water partition coefficient (Wildman–Crippen LogP) is 4.36. The fourth-order valence-electron chi connectivity index (χ4n) is 2.03. The van der Waals surface area contributed by atoms with Gasteiger partial charge in [-0.25, -0.2) is 4.98 Å². The predicted molar refractivity (Wildman–Crippen MR) is 90.2 cm³/mol. The highest BCUT2D eigenvalue weighted by atomic mass is 79.9. The fourth-order valence-corrected chi connectivity index (χ4v) is 3.23. The molecule has 5 heteroatoms. The Morgan fingerprint density at radius 2 is 2.10 bits per heavy atom. The first kappa shape index (κ1) is 15.5. The molecular formula is C15H20BrN3S. The molecule has 2 rings (SSSR count). The van der Waals surface area contributed by atoms with E-state index in [1.165, 1.54) is 14.9 Å². The van der Waals surface area contributed by atoms with Crippen LogP contribution in [0.15, 0.2) is 33.6 Å². The molecule has 0 saturated carbocycles. The van der Waals surface area contributed by atoms with E-state index in [-0.39, 0.29) is 0 Å². The summed E-state index contributed by atoms with van der Waals surface area (Å²) in [7, 11) is 2.14. The Kier molecular flexibility index (Phi) is 6.01. The zero-order chi connectivity index (χ0) is 14.4. The van der Waals surface area contributed by atoms with Crippen molar-refractivity contribution >= 4 is 33.1 Å². The van der Waals surface area contributed by atoms with Crippen LogP contribution in [-0.4, -0.2) is 23.5 Å². The molecular weight excluding hydrogens is 334 g/mol. The van der Waals surface area contributed by atoms with E-state index in [1.54, 1.807) is 11.3 Å². The van der Waals surface area contributed by atoms with Crippen LogP contribution in [0.5, 0.6) is 0 Å². The second-order valence-electron chi connectivity index (χ2n) is 4.91. The van der Waals surface area contributed by atoms with Crippen molar-refractivity contribution in [1.82, 2.24) is 9.88 Å². The Balaban J connectivity index is 1.91. The third kappa shape index (κ3) is 4.89.